The third kappa shape index (κ3) is 4.86. The molecule has 2 rings (SSSR count). The molecule has 6 nitrogen and oxygen atoms in total. The lowest BCUT2D eigenvalue weighted by Gasteiger charge is -2.33. The number of rotatable bonds is 5. The largest absolute Gasteiger partial charge is 0.450 e. The minimum absolute atomic E-state index is 0.00141. The van der Waals surface area contributed by atoms with Crippen LogP contribution < -0.4 is 0 Å². The lowest BCUT2D eigenvalue weighted by atomic mass is 10.1. The number of thiocarbonyl (C=S) groups is 1. The Morgan fingerprint density at radius 1 is 1.33 bits per heavy atom. The van der Waals surface area contributed by atoms with Crippen molar-refractivity contribution < 1.29 is 14.3 Å². The average molecular weight is 372 g/mol. The first-order valence-corrected chi connectivity index (χ1v) is 9.56. The van der Waals surface area contributed by atoms with E-state index < -0.39 is 0 Å². The van der Waals surface area contributed by atoms with Gasteiger partial charge in [0.1, 0.15) is 4.32 Å². The minimum Gasteiger partial charge on any atom is -0.450 e. The summed E-state index contributed by atoms with van der Waals surface area (Å²) in [4.78, 5) is 30.3. The molecule has 2 aliphatic heterocycles. The highest BCUT2D eigenvalue weighted by molar-refractivity contribution is 8.26. The number of piperazine rings is 1. The quantitative estimate of drug-likeness (QED) is 0.547. The molecule has 0 unspecified atom stereocenters. The normalized spacial score (nSPS) is 20.5. The van der Waals surface area contributed by atoms with Gasteiger partial charge < -0.3 is 14.5 Å². The van der Waals surface area contributed by atoms with Crippen molar-refractivity contribution in [3.05, 3.63) is 11.1 Å². The second-order valence-corrected chi connectivity index (χ2v) is 7.90. The number of hydrogen-bond acceptors (Lipinski definition) is 6. The van der Waals surface area contributed by atoms with Crippen molar-refractivity contribution in [2.75, 3.05) is 39.3 Å². The summed E-state index contributed by atoms with van der Waals surface area (Å²) in [6.45, 7) is 9.71. The van der Waals surface area contributed by atoms with Crippen molar-refractivity contribution in [1.82, 2.24) is 14.7 Å². The summed E-state index contributed by atoms with van der Waals surface area (Å²) < 4.78 is 5.65. The van der Waals surface area contributed by atoms with Crippen LogP contribution in [-0.2, 0) is 9.53 Å². The average Bonchev–Trinajstić information content (AvgIpc) is 2.80. The fraction of sp³-hybridized carbons (Fsp3) is 0.688. The first kappa shape index (κ1) is 19.1. The maximum absolute atomic E-state index is 12.5. The number of nitrogens with zero attached hydrogens (tertiary/aromatic N) is 3. The summed E-state index contributed by atoms with van der Waals surface area (Å²) in [6.07, 6.45) is 2.56. The van der Waals surface area contributed by atoms with Crippen LogP contribution in [0.25, 0.3) is 0 Å². The summed E-state index contributed by atoms with van der Waals surface area (Å²) in [5, 5.41) is 0. The van der Waals surface area contributed by atoms with E-state index in [1.807, 2.05) is 6.20 Å². The van der Waals surface area contributed by atoms with Crippen LogP contribution in [-0.4, -0.2) is 70.4 Å². The topological polar surface area (TPSA) is 53.1 Å². The van der Waals surface area contributed by atoms with Crippen LogP contribution in [0.4, 0.5) is 4.79 Å². The Morgan fingerprint density at radius 2 is 2.00 bits per heavy atom. The summed E-state index contributed by atoms with van der Waals surface area (Å²) >= 11 is 6.70. The molecule has 8 heteroatoms. The molecule has 2 aliphatic rings. The van der Waals surface area contributed by atoms with E-state index in [9.17, 15) is 9.59 Å². The van der Waals surface area contributed by atoms with Crippen molar-refractivity contribution in [3.8, 4) is 0 Å². The van der Waals surface area contributed by atoms with Crippen LogP contribution in [0.2, 0.25) is 0 Å². The molecule has 2 saturated heterocycles. The van der Waals surface area contributed by atoms with Crippen molar-refractivity contribution in [2.24, 2.45) is 5.92 Å². The zero-order valence-electron chi connectivity index (χ0n) is 14.5. The van der Waals surface area contributed by atoms with Crippen molar-refractivity contribution in [3.63, 3.8) is 0 Å². The zero-order valence-corrected chi connectivity index (χ0v) is 16.1. The van der Waals surface area contributed by atoms with Crippen LogP contribution in [0.5, 0.6) is 0 Å². The van der Waals surface area contributed by atoms with Gasteiger partial charge in [0.05, 0.1) is 11.5 Å². The monoisotopic (exact) mass is 371 g/mol. The maximum Gasteiger partial charge on any atom is 0.409 e. The van der Waals surface area contributed by atoms with Gasteiger partial charge in [-0.1, -0.05) is 37.8 Å². The molecule has 2 amide bonds. The van der Waals surface area contributed by atoms with Gasteiger partial charge in [0.2, 0.25) is 0 Å². The second kappa shape index (κ2) is 8.71. The van der Waals surface area contributed by atoms with E-state index in [0.29, 0.717) is 54.5 Å². The van der Waals surface area contributed by atoms with E-state index in [1.54, 1.807) is 16.7 Å². The van der Waals surface area contributed by atoms with E-state index in [1.165, 1.54) is 11.8 Å². The van der Waals surface area contributed by atoms with Crippen LogP contribution in [0.15, 0.2) is 11.1 Å². The molecule has 2 fully saturated rings. The van der Waals surface area contributed by atoms with Crippen molar-refractivity contribution in [1.29, 1.82) is 0 Å². The molecule has 0 aromatic rings. The molecule has 0 atom stereocenters. The van der Waals surface area contributed by atoms with E-state index in [-0.39, 0.29) is 12.0 Å². The molecular weight excluding hydrogens is 346 g/mol. The molecule has 0 N–H and O–H groups in total. The molecule has 24 heavy (non-hydrogen) atoms. The van der Waals surface area contributed by atoms with Crippen LogP contribution >= 0.6 is 24.0 Å². The summed E-state index contributed by atoms with van der Waals surface area (Å²) in [7, 11) is 0. The Bertz CT molecular complexity index is 529. The van der Waals surface area contributed by atoms with E-state index in [2.05, 4.69) is 18.7 Å². The summed E-state index contributed by atoms with van der Waals surface area (Å²) in [5.74, 6) is 0.535. The van der Waals surface area contributed by atoms with Gasteiger partial charge in [0.25, 0.3) is 5.91 Å². The Balaban J connectivity index is 1.90. The fourth-order valence-corrected chi connectivity index (χ4v) is 3.80. The van der Waals surface area contributed by atoms with Gasteiger partial charge in [-0.05, 0) is 19.3 Å². The Labute approximate surface area is 153 Å². The Morgan fingerprint density at radius 3 is 2.58 bits per heavy atom. The van der Waals surface area contributed by atoms with Gasteiger partial charge in [-0.3, -0.25) is 9.69 Å². The smallest absolute Gasteiger partial charge is 0.409 e. The molecule has 0 saturated carbocycles. The molecule has 0 aliphatic carbocycles. The zero-order chi connectivity index (χ0) is 17.7. The summed E-state index contributed by atoms with van der Waals surface area (Å²) in [5.41, 5.74) is 0. The van der Waals surface area contributed by atoms with Gasteiger partial charge in [-0.25, -0.2) is 4.79 Å². The highest BCUT2D eigenvalue weighted by atomic mass is 32.2. The number of amides is 2. The highest BCUT2D eigenvalue weighted by Crippen LogP contribution is 2.31. The maximum atomic E-state index is 12.5. The predicted molar refractivity (Wildman–Crippen MR) is 99.6 cm³/mol. The van der Waals surface area contributed by atoms with Crippen LogP contribution in [0.1, 0.15) is 27.2 Å². The molecule has 0 bridgehead atoms. The van der Waals surface area contributed by atoms with Gasteiger partial charge in [0.15, 0.2) is 0 Å². The van der Waals surface area contributed by atoms with Crippen molar-refractivity contribution in [2.45, 2.75) is 27.2 Å². The van der Waals surface area contributed by atoms with Gasteiger partial charge in [-0.2, -0.15) is 0 Å². The first-order chi connectivity index (χ1) is 11.4. The van der Waals surface area contributed by atoms with Crippen LogP contribution in [0.3, 0.4) is 0 Å². The lowest BCUT2D eigenvalue weighted by Crippen LogP contribution is -2.47. The molecular formula is C16H25N3O3S2. The number of hydrogen-bond donors (Lipinski definition) is 0. The van der Waals surface area contributed by atoms with E-state index in [4.69, 9.17) is 17.0 Å². The molecule has 2 heterocycles. The SMILES string of the molecule is CCOC(=O)N1CCN(/C=C2/SC(=S)N(CCC(C)C)C2=O)CC1. The van der Waals surface area contributed by atoms with Gasteiger partial charge >= 0.3 is 6.09 Å². The highest BCUT2D eigenvalue weighted by Gasteiger charge is 2.32. The second-order valence-electron chi connectivity index (χ2n) is 6.22. The van der Waals surface area contributed by atoms with Crippen molar-refractivity contribution >= 4 is 40.3 Å². The minimum atomic E-state index is -0.267. The molecule has 0 aromatic carbocycles. The number of thioether (sulfide) groups is 1. The fourth-order valence-electron chi connectivity index (χ4n) is 2.48. The third-order valence-electron chi connectivity index (χ3n) is 3.94. The number of carbonyl (C=O) groups excluding carboxylic acids is 2. The number of ether oxygens (including phenoxy) is 1. The number of carbonyl (C=O) groups is 2. The lowest BCUT2D eigenvalue weighted by molar-refractivity contribution is -0.122. The predicted octanol–water partition coefficient (Wildman–Crippen LogP) is 2.51. The van der Waals surface area contributed by atoms with Crippen LogP contribution in [0, 0.1) is 5.92 Å². The Hall–Kier alpha value is -1.28. The Kier molecular flexibility index (Phi) is 6.91. The standard InChI is InChI=1S/C16H25N3O3S2/c1-4-22-15(21)18-9-7-17(8-10-18)11-13-14(20)19(16(23)24-13)6-5-12(2)3/h11-12H,4-10H2,1-3H3/b13-11+. The van der Waals surface area contributed by atoms with E-state index in [0.717, 1.165) is 6.42 Å². The molecule has 0 aromatic heterocycles. The summed E-state index contributed by atoms with van der Waals surface area (Å²) in [6, 6.07) is 0. The molecule has 134 valence electrons. The molecule has 0 radical (unpaired) electrons. The molecule has 0 spiro atoms. The van der Waals surface area contributed by atoms with E-state index >= 15 is 0 Å². The van der Waals surface area contributed by atoms with Gasteiger partial charge in [-0.15, -0.1) is 0 Å². The third-order valence-corrected chi connectivity index (χ3v) is 5.31. The first-order valence-electron chi connectivity index (χ1n) is 8.33. The van der Waals surface area contributed by atoms with Gasteiger partial charge in [0, 0.05) is 38.9 Å².